The predicted molar refractivity (Wildman–Crippen MR) is 107 cm³/mol. The number of thioether (sulfide) groups is 1. The van der Waals surface area contributed by atoms with E-state index in [9.17, 15) is 4.79 Å². The number of hydrogen-bond acceptors (Lipinski definition) is 4. The minimum atomic E-state index is -0.322. The van der Waals surface area contributed by atoms with Crippen LogP contribution in [0.4, 0.5) is 4.79 Å². The molecule has 0 aliphatic heterocycles. The summed E-state index contributed by atoms with van der Waals surface area (Å²) in [4.78, 5) is 12.5. The van der Waals surface area contributed by atoms with Gasteiger partial charge in [0.25, 0.3) is 0 Å². The van der Waals surface area contributed by atoms with Crippen molar-refractivity contribution in [3.63, 3.8) is 0 Å². The highest BCUT2D eigenvalue weighted by atomic mass is 127. The molecule has 2 aromatic carbocycles. The van der Waals surface area contributed by atoms with E-state index < -0.39 is 0 Å². The van der Waals surface area contributed by atoms with Gasteiger partial charge in [-0.25, -0.2) is 4.79 Å². The van der Waals surface area contributed by atoms with E-state index in [4.69, 9.17) is 9.47 Å². The van der Waals surface area contributed by atoms with Gasteiger partial charge in [0.05, 0.1) is 7.11 Å². The van der Waals surface area contributed by atoms with Gasteiger partial charge in [-0.1, -0.05) is 19.1 Å². The average molecular weight is 456 g/mol. The molecule has 0 amide bonds. The van der Waals surface area contributed by atoms with Crippen LogP contribution in [0.1, 0.15) is 29.2 Å². The van der Waals surface area contributed by atoms with E-state index in [1.54, 1.807) is 0 Å². The van der Waals surface area contributed by atoms with Crippen molar-refractivity contribution < 1.29 is 14.3 Å². The van der Waals surface area contributed by atoms with Crippen molar-refractivity contribution in [2.24, 2.45) is 0 Å². The average Bonchev–Trinajstić information content (AvgIpc) is 2.56. The Labute approximate surface area is 161 Å². The molecule has 0 heterocycles. The van der Waals surface area contributed by atoms with Crippen molar-refractivity contribution in [2.45, 2.75) is 38.7 Å². The van der Waals surface area contributed by atoms with Crippen molar-refractivity contribution >= 4 is 39.7 Å². The fourth-order valence-corrected chi connectivity index (χ4v) is 3.98. The van der Waals surface area contributed by atoms with Crippen LogP contribution in [-0.2, 0) is 17.8 Å². The first-order valence-electron chi connectivity index (χ1n) is 7.72. The monoisotopic (exact) mass is 456 g/mol. The molecule has 0 aliphatic rings. The Kier molecular flexibility index (Phi) is 6.98. The summed E-state index contributed by atoms with van der Waals surface area (Å²) in [6.07, 6.45) is 1.02. The van der Waals surface area contributed by atoms with E-state index in [1.165, 1.54) is 18.2 Å². The van der Waals surface area contributed by atoms with Gasteiger partial charge in [0.2, 0.25) is 0 Å². The molecule has 0 aromatic heterocycles. The minimum absolute atomic E-state index is 0.322. The van der Waals surface area contributed by atoms with Crippen LogP contribution in [0.5, 0.6) is 5.75 Å². The molecule has 0 aliphatic carbocycles. The summed E-state index contributed by atoms with van der Waals surface area (Å²) in [6.45, 7) is 6.75. The molecule has 5 heteroatoms. The Morgan fingerprint density at radius 3 is 2.62 bits per heavy atom. The Hall–Kier alpha value is -1.21. The van der Waals surface area contributed by atoms with E-state index in [1.807, 2.05) is 18.2 Å². The third-order valence-electron chi connectivity index (χ3n) is 3.82. The van der Waals surface area contributed by atoms with Crippen LogP contribution in [0.2, 0.25) is 0 Å². The summed E-state index contributed by atoms with van der Waals surface area (Å²) in [5.74, 6) is 0.887. The van der Waals surface area contributed by atoms with Crippen LogP contribution in [0.15, 0.2) is 35.2 Å². The zero-order valence-corrected chi connectivity index (χ0v) is 17.3. The lowest BCUT2D eigenvalue weighted by molar-refractivity contribution is 0.200. The molecule has 0 bridgehead atoms. The third kappa shape index (κ3) is 4.66. The summed E-state index contributed by atoms with van der Waals surface area (Å²) in [5, 5.41) is -0.322. The molecule has 0 saturated heterocycles. The summed E-state index contributed by atoms with van der Waals surface area (Å²) in [7, 11) is 1.39. The molecule has 2 aromatic rings. The van der Waals surface area contributed by atoms with Crippen LogP contribution in [0, 0.1) is 17.4 Å². The number of hydrogen-bond donors (Lipinski definition) is 0. The Bertz CT molecular complexity index is 744. The Morgan fingerprint density at radius 1 is 1.21 bits per heavy atom. The molecule has 0 radical (unpaired) electrons. The molecule has 24 heavy (non-hydrogen) atoms. The van der Waals surface area contributed by atoms with Crippen LogP contribution in [0.3, 0.4) is 0 Å². The van der Waals surface area contributed by atoms with Gasteiger partial charge in [-0.15, -0.1) is 0 Å². The standard InChI is InChI=1S/C19H21IO3S/c1-5-14-9-13(3)17(10-12(14)2)23-11-15-16(20)7-6-8-18(15)24-19(21)22-4/h6-10H,5,11H2,1-4H3. The highest BCUT2D eigenvalue weighted by molar-refractivity contribution is 14.1. The smallest absolute Gasteiger partial charge is 0.371 e. The second kappa shape index (κ2) is 8.76. The lowest BCUT2D eigenvalue weighted by atomic mass is 10.0. The molecule has 2 rings (SSSR count). The molecule has 0 unspecified atom stereocenters. The number of methoxy groups -OCH3 is 1. The molecule has 128 valence electrons. The first-order chi connectivity index (χ1) is 11.5. The van der Waals surface area contributed by atoms with Crippen LogP contribution < -0.4 is 4.74 Å². The molecular formula is C19H21IO3S. The van der Waals surface area contributed by atoms with Crippen molar-refractivity contribution in [2.75, 3.05) is 7.11 Å². The zero-order valence-electron chi connectivity index (χ0n) is 14.3. The molecule has 0 atom stereocenters. The predicted octanol–water partition coefficient (Wildman–Crippen LogP) is 5.91. The number of benzene rings is 2. The van der Waals surface area contributed by atoms with E-state index in [0.29, 0.717) is 6.61 Å². The summed E-state index contributed by atoms with van der Waals surface area (Å²) < 4.78 is 11.9. The Morgan fingerprint density at radius 2 is 1.96 bits per heavy atom. The fraction of sp³-hybridized carbons (Fsp3) is 0.316. The van der Waals surface area contributed by atoms with Gasteiger partial charge in [0.15, 0.2) is 0 Å². The van der Waals surface area contributed by atoms with E-state index in [-0.39, 0.29) is 5.30 Å². The number of halogens is 1. The van der Waals surface area contributed by atoms with Crippen molar-refractivity contribution in [3.05, 3.63) is 56.2 Å². The number of aryl methyl sites for hydroxylation is 3. The number of carbonyl (C=O) groups excluding carboxylic acids is 1. The largest absolute Gasteiger partial charge is 0.489 e. The van der Waals surface area contributed by atoms with Crippen molar-refractivity contribution in [1.29, 1.82) is 0 Å². The maximum atomic E-state index is 11.6. The number of ether oxygens (including phenoxy) is 2. The van der Waals surface area contributed by atoms with E-state index in [2.05, 4.69) is 55.5 Å². The van der Waals surface area contributed by atoms with Crippen LogP contribution >= 0.6 is 34.4 Å². The van der Waals surface area contributed by atoms with Crippen LogP contribution in [-0.4, -0.2) is 12.4 Å². The maximum Gasteiger partial charge on any atom is 0.371 e. The molecule has 0 saturated carbocycles. The third-order valence-corrected chi connectivity index (χ3v) is 5.77. The van der Waals surface area contributed by atoms with Gasteiger partial charge >= 0.3 is 5.30 Å². The summed E-state index contributed by atoms with van der Waals surface area (Å²) in [6, 6.07) is 10.1. The molecule has 0 N–H and O–H groups in total. The van der Waals surface area contributed by atoms with Gasteiger partial charge in [0.1, 0.15) is 12.4 Å². The second-order valence-electron chi connectivity index (χ2n) is 5.46. The van der Waals surface area contributed by atoms with Crippen molar-refractivity contribution in [1.82, 2.24) is 0 Å². The molecular weight excluding hydrogens is 435 g/mol. The van der Waals surface area contributed by atoms with E-state index >= 15 is 0 Å². The zero-order chi connectivity index (χ0) is 17.7. The molecule has 0 fully saturated rings. The highest BCUT2D eigenvalue weighted by Gasteiger charge is 2.13. The van der Waals surface area contributed by atoms with Gasteiger partial charge in [0, 0.05) is 14.0 Å². The van der Waals surface area contributed by atoms with Gasteiger partial charge in [-0.2, -0.15) is 0 Å². The fourth-order valence-electron chi connectivity index (χ4n) is 2.44. The lowest BCUT2D eigenvalue weighted by Gasteiger charge is -2.15. The summed E-state index contributed by atoms with van der Waals surface area (Å²) >= 11 is 3.36. The van der Waals surface area contributed by atoms with Crippen LogP contribution in [0.25, 0.3) is 0 Å². The highest BCUT2D eigenvalue weighted by Crippen LogP contribution is 2.30. The minimum Gasteiger partial charge on any atom is -0.489 e. The topological polar surface area (TPSA) is 35.5 Å². The van der Waals surface area contributed by atoms with Crippen molar-refractivity contribution in [3.8, 4) is 5.75 Å². The first-order valence-corrected chi connectivity index (χ1v) is 9.61. The number of carbonyl (C=O) groups is 1. The lowest BCUT2D eigenvalue weighted by Crippen LogP contribution is -2.03. The second-order valence-corrected chi connectivity index (χ2v) is 7.60. The van der Waals surface area contributed by atoms with Gasteiger partial charge in [-0.3, -0.25) is 0 Å². The first kappa shape index (κ1) is 19.1. The normalized spacial score (nSPS) is 10.5. The Balaban J connectivity index is 2.23. The molecule has 0 spiro atoms. The van der Waals surface area contributed by atoms with E-state index in [0.717, 1.165) is 43.5 Å². The number of rotatable bonds is 5. The summed E-state index contributed by atoms with van der Waals surface area (Å²) in [5.41, 5.74) is 4.72. The van der Waals surface area contributed by atoms with Gasteiger partial charge < -0.3 is 9.47 Å². The SMILES string of the molecule is CCc1cc(C)c(OCc2c(I)cccc2SC(=O)OC)cc1C. The van der Waals surface area contributed by atoms with Gasteiger partial charge in [-0.05, 0) is 89.5 Å². The maximum absolute atomic E-state index is 11.6. The molecule has 3 nitrogen and oxygen atoms in total. The quantitative estimate of drug-likeness (QED) is 0.319.